The maximum absolute atomic E-state index is 12.2. The first-order chi connectivity index (χ1) is 12.5. The third-order valence-corrected chi connectivity index (χ3v) is 4.14. The molecule has 132 valence electrons. The molecule has 0 radical (unpaired) electrons. The minimum atomic E-state index is -0.540. The van der Waals surface area contributed by atoms with Crippen molar-refractivity contribution in [2.75, 3.05) is 6.54 Å². The van der Waals surface area contributed by atoms with Crippen molar-refractivity contribution in [1.82, 2.24) is 21.2 Å². The molecule has 8 heteroatoms. The predicted molar refractivity (Wildman–Crippen MR) is 100 cm³/mol. The number of amides is 3. The molecule has 4 N–H and O–H groups in total. The van der Waals surface area contributed by atoms with Gasteiger partial charge in [-0.15, -0.1) is 0 Å². The number of fused-ring (bicyclic) bond motifs is 1. The van der Waals surface area contributed by atoms with E-state index in [-0.39, 0.29) is 12.5 Å². The fourth-order valence-corrected chi connectivity index (χ4v) is 2.79. The summed E-state index contributed by atoms with van der Waals surface area (Å²) >= 11 is 3.28. The Balaban J connectivity index is 1.51. The summed E-state index contributed by atoms with van der Waals surface area (Å²) in [5.74, 6) is -1.37. The molecule has 26 heavy (non-hydrogen) atoms. The van der Waals surface area contributed by atoms with Crippen molar-refractivity contribution >= 4 is 44.6 Å². The topological polar surface area (TPSA) is 103 Å². The van der Waals surface area contributed by atoms with Crippen LogP contribution in [0.2, 0.25) is 0 Å². The molecule has 1 aromatic heterocycles. The maximum Gasteiger partial charge on any atom is 0.271 e. The molecular formula is C18H15BrN4O3. The lowest BCUT2D eigenvalue weighted by Crippen LogP contribution is -2.46. The highest BCUT2D eigenvalue weighted by molar-refractivity contribution is 9.10. The van der Waals surface area contributed by atoms with E-state index >= 15 is 0 Å². The minimum Gasteiger partial charge on any atom is -0.360 e. The summed E-state index contributed by atoms with van der Waals surface area (Å²) in [5.41, 5.74) is 6.28. The van der Waals surface area contributed by atoms with Crippen LogP contribution in [0.3, 0.4) is 0 Å². The summed E-state index contributed by atoms with van der Waals surface area (Å²) in [6.07, 6.45) is 1.57. The van der Waals surface area contributed by atoms with Gasteiger partial charge in [0.05, 0.1) is 12.1 Å². The zero-order valence-corrected chi connectivity index (χ0v) is 15.1. The molecule has 0 spiro atoms. The standard InChI is InChI=1S/C18H15BrN4O3/c19-12-5-3-4-11(8-12)17(25)21-10-16(24)22-23-18(26)14-9-20-15-7-2-1-6-13(14)15/h1-9,20H,10H2,(H,21,25)(H,22,24)(H,23,26). The summed E-state index contributed by atoms with van der Waals surface area (Å²) in [5, 5.41) is 3.24. The number of H-pyrrole nitrogens is 1. The molecule has 0 saturated carbocycles. The lowest BCUT2D eigenvalue weighted by atomic mass is 10.2. The van der Waals surface area contributed by atoms with Crippen molar-refractivity contribution in [2.24, 2.45) is 0 Å². The fraction of sp³-hybridized carbons (Fsp3) is 0.0556. The maximum atomic E-state index is 12.2. The van der Waals surface area contributed by atoms with Gasteiger partial charge in [-0.2, -0.15) is 0 Å². The van der Waals surface area contributed by atoms with Gasteiger partial charge in [0.2, 0.25) is 0 Å². The van der Waals surface area contributed by atoms with Gasteiger partial charge >= 0.3 is 0 Å². The minimum absolute atomic E-state index is 0.264. The zero-order chi connectivity index (χ0) is 18.5. The molecule has 3 aromatic rings. The average molecular weight is 415 g/mol. The van der Waals surface area contributed by atoms with Gasteiger partial charge in [-0.25, -0.2) is 0 Å². The Bertz CT molecular complexity index is 983. The number of benzene rings is 2. The average Bonchev–Trinajstić information content (AvgIpc) is 3.08. The Labute approximate surface area is 157 Å². The lowest BCUT2D eigenvalue weighted by Gasteiger charge is -2.08. The number of carbonyl (C=O) groups excluding carboxylic acids is 3. The highest BCUT2D eigenvalue weighted by Crippen LogP contribution is 2.17. The van der Waals surface area contributed by atoms with Crippen LogP contribution < -0.4 is 16.2 Å². The molecule has 0 bridgehead atoms. The van der Waals surface area contributed by atoms with E-state index in [0.717, 1.165) is 15.4 Å². The first-order valence-electron chi connectivity index (χ1n) is 7.73. The molecule has 0 unspecified atom stereocenters. The summed E-state index contributed by atoms with van der Waals surface area (Å²) in [7, 11) is 0. The number of rotatable bonds is 4. The van der Waals surface area contributed by atoms with Gasteiger partial charge in [0.1, 0.15) is 0 Å². The van der Waals surface area contributed by atoms with Crippen LogP contribution in [0, 0.1) is 0 Å². The highest BCUT2D eigenvalue weighted by atomic mass is 79.9. The van der Waals surface area contributed by atoms with Gasteiger partial charge in [0, 0.05) is 27.1 Å². The number of halogens is 1. The first kappa shape index (κ1) is 17.7. The summed E-state index contributed by atoms with van der Waals surface area (Å²) < 4.78 is 0.764. The van der Waals surface area contributed by atoms with Gasteiger partial charge in [0.15, 0.2) is 0 Å². The Hall–Kier alpha value is -3.13. The molecule has 0 aliphatic heterocycles. The van der Waals surface area contributed by atoms with Crippen LogP contribution in [0.5, 0.6) is 0 Å². The van der Waals surface area contributed by atoms with E-state index in [9.17, 15) is 14.4 Å². The van der Waals surface area contributed by atoms with E-state index in [2.05, 4.69) is 37.1 Å². The zero-order valence-electron chi connectivity index (χ0n) is 13.5. The van der Waals surface area contributed by atoms with Crippen LogP contribution in [0.1, 0.15) is 20.7 Å². The second-order valence-corrected chi connectivity index (χ2v) is 6.36. The van der Waals surface area contributed by atoms with Crippen LogP contribution in [0.4, 0.5) is 0 Å². The summed E-state index contributed by atoms with van der Waals surface area (Å²) in [6.45, 7) is -0.264. The number of aromatic nitrogens is 1. The van der Waals surface area contributed by atoms with Crippen molar-refractivity contribution < 1.29 is 14.4 Å². The van der Waals surface area contributed by atoms with Crippen molar-refractivity contribution in [3.05, 3.63) is 70.3 Å². The number of para-hydroxylation sites is 1. The van der Waals surface area contributed by atoms with E-state index in [1.54, 1.807) is 36.5 Å². The molecule has 1 heterocycles. The van der Waals surface area contributed by atoms with Gasteiger partial charge in [-0.05, 0) is 24.3 Å². The van der Waals surface area contributed by atoms with Crippen LogP contribution >= 0.6 is 15.9 Å². The Morgan fingerprint density at radius 1 is 0.962 bits per heavy atom. The highest BCUT2D eigenvalue weighted by Gasteiger charge is 2.13. The molecule has 0 fully saturated rings. The van der Waals surface area contributed by atoms with Crippen molar-refractivity contribution in [2.45, 2.75) is 0 Å². The lowest BCUT2D eigenvalue weighted by molar-refractivity contribution is -0.120. The number of nitrogens with one attached hydrogen (secondary N) is 4. The number of hydrogen-bond donors (Lipinski definition) is 4. The van der Waals surface area contributed by atoms with Crippen LogP contribution in [-0.2, 0) is 4.79 Å². The molecule has 0 atom stereocenters. The number of carbonyl (C=O) groups is 3. The van der Waals surface area contributed by atoms with Crippen molar-refractivity contribution in [1.29, 1.82) is 0 Å². The normalized spacial score (nSPS) is 10.3. The smallest absolute Gasteiger partial charge is 0.271 e. The third kappa shape index (κ3) is 4.09. The molecule has 0 saturated heterocycles. The number of hydrazine groups is 1. The molecule has 0 aliphatic carbocycles. The van der Waals surface area contributed by atoms with E-state index in [4.69, 9.17) is 0 Å². The SMILES string of the molecule is O=C(CNC(=O)c1cccc(Br)c1)NNC(=O)c1c[nH]c2ccccc12. The van der Waals surface area contributed by atoms with Crippen LogP contribution in [0.15, 0.2) is 59.2 Å². The molecular weight excluding hydrogens is 400 g/mol. The van der Waals surface area contributed by atoms with Crippen LogP contribution in [-0.4, -0.2) is 29.3 Å². The van der Waals surface area contributed by atoms with Gasteiger partial charge < -0.3 is 10.3 Å². The van der Waals surface area contributed by atoms with E-state index in [0.29, 0.717) is 11.1 Å². The summed E-state index contributed by atoms with van der Waals surface area (Å²) in [4.78, 5) is 39.0. The predicted octanol–water partition coefficient (Wildman–Crippen LogP) is 2.12. The largest absolute Gasteiger partial charge is 0.360 e. The Morgan fingerprint density at radius 3 is 2.58 bits per heavy atom. The molecule has 3 rings (SSSR count). The Kier molecular flexibility index (Phi) is 5.33. The summed E-state index contributed by atoms with van der Waals surface area (Å²) in [6, 6.07) is 14.1. The monoisotopic (exact) mass is 414 g/mol. The molecule has 2 aromatic carbocycles. The second-order valence-electron chi connectivity index (χ2n) is 5.44. The van der Waals surface area contributed by atoms with Crippen molar-refractivity contribution in [3.63, 3.8) is 0 Å². The van der Waals surface area contributed by atoms with Gasteiger partial charge in [-0.3, -0.25) is 25.2 Å². The quantitative estimate of drug-likeness (QED) is 0.491. The molecule has 0 aliphatic rings. The van der Waals surface area contributed by atoms with Crippen molar-refractivity contribution in [3.8, 4) is 0 Å². The molecule has 7 nitrogen and oxygen atoms in total. The van der Waals surface area contributed by atoms with Gasteiger partial charge in [-0.1, -0.05) is 40.2 Å². The van der Waals surface area contributed by atoms with E-state index < -0.39 is 11.8 Å². The second kappa shape index (κ2) is 7.83. The third-order valence-electron chi connectivity index (χ3n) is 3.65. The molecule has 3 amide bonds. The van der Waals surface area contributed by atoms with Crippen LogP contribution in [0.25, 0.3) is 10.9 Å². The fourth-order valence-electron chi connectivity index (χ4n) is 2.39. The number of hydrogen-bond acceptors (Lipinski definition) is 3. The van der Waals surface area contributed by atoms with E-state index in [1.165, 1.54) is 0 Å². The first-order valence-corrected chi connectivity index (χ1v) is 8.53. The number of aromatic amines is 1. The Morgan fingerprint density at radius 2 is 1.77 bits per heavy atom. The van der Waals surface area contributed by atoms with Gasteiger partial charge in [0.25, 0.3) is 17.7 Å². The van der Waals surface area contributed by atoms with E-state index in [1.807, 2.05) is 18.2 Å².